The van der Waals surface area contributed by atoms with E-state index in [-0.39, 0.29) is 0 Å². The minimum atomic E-state index is 0.350. The summed E-state index contributed by atoms with van der Waals surface area (Å²) in [5.41, 5.74) is 0. The molecule has 0 aliphatic carbocycles. The predicted octanol–water partition coefficient (Wildman–Crippen LogP) is 3.51. The first kappa shape index (κ1) is 12.2. The highest BCUT2D eigenvalue weighted by Gasteiger charge is 2.22. The first-order valence-corrected chi connectivity index (χ1v) is 7.37. The minimum Gasteiger partial charge on any atom is -0.373 e. The SMILES string of the molecule is C[C@@H]1CN(Cc2cc3ccccc3s2)C[C@@H](C)O1. The first-order valence-electron chi connectivity index (χ1n) is 6.56. The Hall–Kier alpha value is -0.900. The van der Waals surface area contributed by atoms with Gasteiger partial charge in [-0.15, -0.1) is 11.3 Å². The molecular weight excluding hydrogens is 242 g/mol. The summed E-state index contributed by atoms with van der Waals surface area (Å²) in [5.74, 6) is 0. The lowest BCUT2D eigenvalue weighted by atomic mass is 10.2. The van der Waals surface area contributed by atoms with Crippen molar-refractivity contribution in [1.29, 1.82) is 0 Å². The Bertz CT molecular complexity index is 493. The molecule has 1 aromatic heterocycles. The second kappa shape index (κ2) is 5.00. The van der Waals surface area contributed by atoms with Gasteiger partial charge in [-0.3, -0.25) is 4.90 Å². The second-order valence-corrected chi connectivity index (χ2v) is 6.37. The molecule has 1 fully saturated rings. The van der Waals surface area contributed by atoms with Crippen LogP contribution in [-0.4, -0.2) is 30.2 Å². The van der Waals surface area contributed by atoms with Crippen LogP contribution in [0.4, 0.5) is 0 Å². The summed E-state index contributed by atoms with van der Waals surface area (Å²) in [4.78, 5) is 3.96. The molecule has 18 heavy (non-hydrogen) atoms. The Labute approximate surface area is 112 Å². The van der Waals surface area contributed by atoms with Gasteiger partial charge in [0, 0.05) is 29.2 Å². The molecule has 2 atom stereocenters. The van der Waals surface area contributed by atoms with Gasteiger partial charge >= 0.3 is 0 Å². The number of thiophene rings is 1. The summed E-state index contributed by atoms with van der Waals surface area (Å²) in [5, 5.41) is 1.37. The van der Waals surface area contributed by atoms with E-state index in [2.05, 4.69) is 49.1 Å². The summed E-state index contributed by atoms with van der Waals surface area (Å²) >= 11 is 1.91. The van der Waals surface area contributed by atoms with Crippen molar-refractivity contribution in [3.8, 4) is 0 Å². The summed E-state index contributed by atoms with van der Waals surface area (Å²) < 4.78 is 7.17. The van der Waals surface area contributed by atoms with Crippen LogP contribution in [0.2, 0.25) is 0 Å². The number of ether oxygens (including phenoxy) is 1. The second-order valence-electron chi connectivity index (χ2n) is 5.20. The van der Waals surface area contributed by atoms with Gasteiger partial charge in [-0.1, -0.05) is 18.2 Å². The fraction of sp³-hybridized carbons (Fsp3) is 0.467. The average Bonchev–Trinajstić information content (AvgIpc) is 2.69. The summed E-state index contributed by atoms with van der Waals surface area (Å²) in [6, 6.07) is 10.9. The van der Waals surface area contributed by atoms with Crippen LogP contribution in [-0.2, 0) is 11.3 Å². The summed E-state index contributed by atoms with van der Waals surface area (Å²) in [6.07, 6.45) is 0.700. The number of benzene rings is 1. The first-order chi connectivity index (χ1) is 8.70. The van der Waals surface area contributed by atoms with Crippen LogP contribution in [0.3, 0.4) is 0 Å². The molecule has 1 aromatic carbocycles. The van der Waals surface area contributed by atoms with E-state index in [0.717, 1.165) is 19.6 Å². The highest BCUT2D eigenvalue weighted by atomic mass is 32.1. The zero-order chi connectivity index (χ0) is 12.5. The molecule has 2 aromatic rings. The maximum atomic E-state index is 5.77. The third-order valence-electron chi connectivity index (χ3n) is 3.35. The van der Waals surface area contributed by atoms with Crippen molar-refractivity contribution in [1.82, 2.24) is 4.90 Å². The van der Waals surface area contributed by atoms with Crippen LogP contribution in [0.15, 0.2) is 30.3 Å². The maximum Gasteiger partial charge on any atom is 0.0678 e. The lowest BCUT2D eigenvalue weighted by molar-refractivity contribution is -0.0702. The van der Waals surface area contributed by atoms with E-state index in [1.165, 1.54) is 15.0 Å². The number of hydrogen-bond acceptors (Lipinski definition) is 3. The molecule has 3 heteroatoms. The molecule has 1 aliphatic rings. The molecular formula is C15H19NOS. The molecule has 0 amide bonds. The van der Waals surface area contributed by atoms with Gasteiger partial charge in [0.15, 0.2) is 0 Å². The molecule has 96 valence electrons. The molecule has 3 rings (SSSR count). The molecule has 1 saturated heterocycles. The zero-order valence-corrected chi connectivity index (χ0v) is 11.7. The molecule has 0 radical (unpaired) electrons. The highest BCUT2D eigenvalue weighted by molar-refractivity contribution is 7.19. The molecule has 0 bridgehead atoms. The van der Waals surface area contributed by atoms with Crippen molar-refractivity contribution in [2.24, 2.45) is 0 Å². The smallest absolute Gasteiger partial charge is 0.0678 e. The Morgan fingerprint density at radius 1 is 1.22 bits per heavy atom. The Morgan fingerprint density at radius 3 is 2.67 bits per heavy atom. The van der Waals surface area contributed by atoms with E-state index >= 15 is 0 Å². The van der Waals surface area contributed by atoms with Gasteiger partial charge < -0.3 is 4.74 Å². The monoisotopic (exact) mass is 261 g/mol. The van der Waals surface area contributed by atoms with Gasteiger partial charge in [0.05, 0.1) is 12.2 Å². The van der Waals surface area contributed by atoms with Gasteiger partial charge in [0.1, 0.15) is 0 Å². The van der Waals surface area contributed by atoms with Crippen LogP contribution in [0.25, 0.3) is 10.1 Å². The van der Waals surface area contributed by atoms with Crippen LogP contribution in [0.1, 0.15) is 18.7 Å². The summed E-state index contributed by atoms with van der Waals surface area (Å²) in [6.45, 7) is 7.45. The lowest BCUT2D eigenvalue weighted by Gasteiger charge is -2.34. The molecule has 0 spiro atoms. The molecule has 2 heterocycles. The van der Waals surface area contributed by atoms with Crippen LogP contribution in [0, 0.1) is 0 Å². The van der Waals surface area contributed by atoms with Crippen molar-refractivity contribution in [2.75, 3.05) is 13.1 Å². The topological polar surface area (TPSA) is 12.5 Å². The average molecular weight is 261 g/mol. The van der Waals surface area contributed by atoms with Crippen LogP contribution < -0.4 is 0 Å². The third kappa shape index (κ3) is 2.58. The van der Waals surface area contributed by atoms with Gasteiger partial charge in [-0.2, -0.15) is 0 Å². The fourth-order valence-corrected chi connectivity index (χ4v) is 3.86. The predicted molar refractivity (Wildman–Crippen MR) is 77.1 cm³/mol. The van der Waals surface area contributed by atoms with E-state index in [9.17, 15) is 0 Å². The van der Waals surface area contributed by atoms with Crippen molar-refractivity contribution >= 4 is 21.4 Å². The van der Waals surface area contributed by atoms with E-state index in [0.29, 0.717) is 12.2 Å². The van der Waals surface area contributed by atoms with Crippen molar-refractivity contribution in [2.45, 2.75) is 32.6 Å². The van der Waals surface area contributed by atoms with E-state index in [1.54, 1.807) is 0 Å². The standard InChI is InChI=1S/C15H19NOS/c1-11-8-16(9-12(2)17-11)10-14-7-13-5-3-4-6-15(13)18-14/h3-7,11-12H,8-10H2,1-2H3/t11-,12-/m1/s1. The molecule has 0 unspecified atom stereocenters. The van der Waals surface area contributed by atoms with Gasteiger partial charge in [0.25, 0.3) is 0 Å². The third-order valence-corrected chi connectivity index (χ3v) is 4.45. The number of hydrogen-bond donors (Lipinski definition) is 0. The Balaban J connectivity index is 1.75. The highest BCUT2D eigenvalue weighted by Crippen LogP contribution is 2.27. The fourth-order valence-electron chi connectivity index (χ4n) is 2.75. The van der Waals surface area contributed by atoms with Crippen LogP contribution >= 0.6 is 11.3 Å². The number of fused-ring (bicyclic) bond motifs is 1. The van der Waals surface area contributed by atoms with Crippen molar-refractivity contribution in [3.63, 3.8) is 0 Å². The number of rotatable bonds is 2. The summed E-state index contributed by atoms with van der Waals surface area (Å²) in [7, 11) is 0. The van der Waals surface area contributed by atoms with Gasteiger partial charge in [-0.05, 0) is 31.4 Å². The quantitative estimate of drug-likeness (QED) is 0.820. The van der Waals surface area contributed by atoms with E-state index in [1.807, 2.05) is 11.3 Å². The lowest BCUT2D eigenvalue weighted by Crippen LogP contribution is -2.44. The molecule has 2 nitrogen and oxygen atoms in total. The van der Waals surface area contributed by atoms with Crippen LogP contribution in [0.5, 0.6) is 0 Å². The van der Waals surface area contributed by atoms with Gasteiger partial charge in [-0.25, -0.2) is 0 Å². The molecule has 1 aliphatic heterocycles. The molecule has 0 saturated carbocycles. The zero-order valence-electron chi connectivity index (χ0n) is 10.9. The van der Waals surface area contributed by atoms with Crippen molar-refractivity contribution < 1.29 is 4.74 Å². The molecule has 0 N–H and O–H groups in total. The maximum absolute atomic E-state index is 5.77. The Morgan fingerprint density at radius 2 is 1.94 bits per heavy atom. The number of nitrogens with zero attached hydrogens (tertiary/aromatic N) is 1. The normalized spacial score (nSPS) is 25.7. The van der Waals surface area contributed by atoms with E-state index < -0.39 is 0 Å². The Kier molecular flexibility index (Phi) is 3.37. The number of morpholine rings is 1. The van der Waals surface area contributed by atoms with E-state index in [4.69, 9.17) is 4.74 Å². The largest absolute Gasteiger partial charge is 0.373 e. The minimum absolute atomic E-state index is 0.350. The van der Waals surface area contributed by atoms with Gasteiger partial charge in [0.2, 0.25) is 0 Å². The van der Waals surface area contributed by atoms with Crippen molar-refractivity contribution in [3.05, 3.63) is 35.2 Å².